The fraction of sp³-hybridized carbons (Fsp3) is 0.480. The molecule has 1 atom stereocenters. The average Bonchev–Trinajstić information content (AvgIpc) is 2.76. The third-order valence-electron chi connectivity index (χ3n) is 5.97. The third kappa shape index (κ3) is 6.21. The number of carbonyl (C=O) groups excluding carboxylic acids is 1. The molecule has 0 saturated heterocycles. The largest absolute Gasteiger partial charge is 0.507 e. The molecule has 0 radical (unpaired) electrons. The van der Waals surface area contributed by atoms with Gasteiger partial charge in [0.05, 0.1) is 6.42 Å². The van der Waals surface area contributed by atoms with Crippen molar-refractivity contribution in [2.75, 3.05) is 0 Å². The number of aromatic amines is 1. The number of allylic oxidation sites excluding steroid dienone is 2. The van der Waals surface area contributed by atoms with Crippen LogP contribution in [0, 0.1) is 5.82 Å². The number of benzene rings is 1. The average molecular weight is 459 g/mol. The van der Waals surface area contributed by atoms with E-state index in [1.807, 2.05) is 6.92 Å². The first kappa shape index (κ1) is 24.5. The number of aromatic nitrogens is 2. The molecule has 0 amide bonds. The quantitative estimate of drug-likeness (QED) is 0.252. The summed E-state index contributed by atoms with van der Waals surface area (Å²) in [5.41, 5.74) is 0.780. The van der Waals surface area contributed by atoms with Gasteiger partial charge in [0.2, 0.25) is 5.82 Å². The number of phenols is 1. The predicted molar refractivity (Wildman–Crippen MR) is 123 cm³/mol. The molecule has 8 heteroatoms. The number of nitrogens with zero attached hydrogens (tertiary/aromatic N) is 1. The van der Waals surface area contributed by atoms with Crippen molar-refractivity contribution in [3.63, 3.8) is 0 Å². The highest BCUT2D eigenvalue weighted by molar-refractivity contribution is 5.73. The first-order valence-corrected chi connectivity index (χ1v) is 11.5. The van der Waals surface area contributed by atoms with Crippen molar-refractivity contribution in [3.05, 3.63) is 67.8 Å². The smallest absolute Gasteiger partial charge is 0.328 e. The lowest BCUT2D eigenvalue weighted by Gasteiger charge is -2.23. The standard InChI is InChI=1S/C25H31FN2O5/c1-3-4-5-8-17-13-20(29)23(18-9-6-7-16(2)12-18)21(14-17)33-22(30)10-11-28-24(31)19(26)15-27-25(28)32/h12-15,18,29H,3-11H2,1-2H3,(H,27,32). The van der Waals surface area contributed by atoms with Crippen LogP contribution in [-0.2, 0) is 17.8 Å². The van der Waals surface area contributed by atoms with Crippen LogP contribution in [0.5, 0.6) is 11.5 Å². The molecule has 1 aromatic carbocycles. The summed E-state index contributed by atoms with van der Waals surface area (Å²) in [5.74, 6) is -1.45. The monoisotopic (exact) mass is 458 g/mol. The van der Waals surface area contributed by atoms with Crippen LogP contribution in [0.3, 0.4) is 0 Å². The number of rotatable bonds is 9. The maximum absolute atomic E-state index is 13.5. The highest BCUT2D eigenvalue weighted by Gasteiger charge is 2.24. The normalized spacial score (nSPS) is 15.8. The minimum Gasteiger partial charge on any atom is -0.507 e. The summed E-state index contributed by atoms with van der Waals surface area (Å²) in [6, 6.07) is 3.54. The summed E-state index contributed by atoms with van der Waals surface area (Å²) in [6.45, 7) is 3.84. The Kier molecular flexibility index (Phi) is 8.25. The fourth-order valence-corrected chi connectivity index (χ4v) is 4.25. The molecule has 7 nitrogen and oxygen atoms in total. The summed E-state index contributed by atoms with van der Waals surface area (Å²) in [4.78, 5) is 38.4. The Labute approximate surface area is 191 Å². The van der Waals surface area contributed by atoms with Crippen molar-refractivity contribution >= 4 is 5.97 Å². The number of hydrogen-bond acceptors (Lipinski definition) is 5. The molecule has 33 heavy (non-hydrogen) atoms. The van der Waals surface area contributed by atoms with Crippen LogP contribution in [0.4, 0.5) is 4.39 Å². The van der Waals surface area contributed by atoms with Gasteiger partial charge in [-0.15, -0.1) is 0 Å². The van der Waals surface area contributed by atoms with Crippen LogP contribution in [0.1, 0.15) is 75.8 Å². The van der Waals surface area contributed by atoms with Gasteiger partial charge in [-0.25, -0.2) is 4.79 Å². The van der Waals surface area contributed by atoms with Crippen LogP contribution in [-0.4, -0.2) is 20.6 Å². The number of ether oxygens (including phenoxy) is 1. The number of nitrogens with one attached hydrogen (secondary N) is 1. The molecule has 0 aliphatic heterocycles. The van der Waals surface area contributed by atoms with Gasteiger partial charge in [-0.2, -0.15) is 4.39 Å². The van der Waals surface area contributed by atoms with Gasteiger partial charge in [-0.1, -0.05) is 31.4 Å². The Bertz CT molecular complexity index is 1150. The Balaban J connectivity index is 1.85. The number of aryl methyl sites for hydroxylation is 1. The van der Waals surface area contributed by atoms with Gasteiger partial charge in [0.15, 0.2) is 0 Å². The second kappa shape index (κ2) is 11.1. The van der Waals surface area contributed by atoms with Crippen LogP contribution < -0.4 is 16.0 Å². The first-order chi connectivity index (χ1) is 15.8. The van der Waals surface area contributed by atoms with Crippen molar-refractivity contribution in [3.8, 4) is 11.5 Å². The SMILES string of the molecule is CCCCCc1cc(O)c(C2C=C(C)CCC2)c(OC(=O)CCn2c(=O)[nH]cc(F)c2=O)c1. The third-order valence-corrected chi connectivity index (χ3v) is 5.97. The van der Waals surface area contributed by atoms with E-state index in [4.69, 9.17) is 4.74 Å². The van der Waals surface area contributed by atoms with Gasteiger partial charge < -0.3 is 14.8 Å². The number of aromatic hydroxyl groups is 1. The lowest BCUT2D eigenvalue weighted by Crippen LogP contribution is -2.37. The topological polar surface area (TPSA) is 101 Å². The predicted octanol–water partition coefficient (Wildman–Crippen LogP) is 4.32. The van der Waals surface area contributed by atoms with Gasteiger partial charge in [0.25, 0.3) is 5.56 Å². The van der Waals surface area contributed by atoms with Crippen LogP contribution in [0.2, 0.25) is 0 Å². The Morgan fingerprint density at radius 1 is 1.30 bits per heavy atom. The van der Waals surface area contributed by atoms with Gasteiger partial charge in [0, 0.05) is 24.2 Å². The summed E-state index contributed by atoms with van der Waals surface area (Å²) in [7, 11) is 0. The maximum atomic E-state index is 13.5. The summed E-state index contributed by atoms with van der Waals surface area (Å²) in [6.07, 6.45) is 9.12. The van der Waals surface area contributed by atoms with Gasteiger partial charge in [0.1, 0.15) is 11.5 Å². The summed E-state index contributed by atoms with van der Waals surface area (Å²) >= 11 is 0. The number of H-pyrrole nitrogens is 1. The Morgan fingerprint density at radius 3 is 2.82 bits per heavy atom. The minimum atomic E-state index is -1.10. The molecule has 0 bridgehead atoms. The van der Waals surface area contributed by atoms with E-state index in [0.717, 1.165) is 50.5 Å². The van der Waals surface area contributed by atoms with Crippen LogP contribution in [0.15, 0.2) is 39.6 Å². The molecular weight excluding hydrogens is 427 g/mol. The van der Waals surface area contributed by atoms with Crippen molar-refractivity contribution in [2.24, 2.45) is 0 Å². The molecule has 3 rings (SSSR count). The molecule has 1 unspecified atom stereocenters. The molecule has 1 aliphatic carbocycles. The molecular formula is C25H31FN2O5. The van der Waals surface area contributed by atoms with Crippen LogP contribution in [0.25, 0.3) is 0 Å². The molecule has 0 spiro atoms. The molecule has 178 valence electrons. The molecule has 0 fully saturated rings. The lowest BCUT2D eigenvalue weighted by atomic mass is 9.84. The van der Waals surface area contributed by atoms with Crippen LogP contribution >= 0.6 is 0 Å². The number of hydrogen-bond donors (Lipinski definition) is 2. The number of carbonyl (C=O) groups is 1. The maximum Gasteiger partial charge on any atom is 0.328 e. The fourth-order valence-electron chi connectivity index (χ4n) is 4.25. The molecule has 0 saturated carbocycles. The second-order valence-corrected chi connectivity index (χ2v) is 8.62. The van der Waals surface area contributed by atoms with E-state index in [1.54, 1.807) is 12.1 Å². The molecule has 2 N–H and O–H groups in total. The molecule has 2 aromatic rings. The zero-order valence-electron chi connectivity index (χ0n) is 19.2. The zero-order chi connectivity index (χ0) is 24.0. The van der Waals surface area contributed by atoms with E-state index >= 15 is 0 Å². The van der Waals surface area contributed by atoms with Crippen molar-refractivity contribution in [2.45, 2.75) is 77.7 Å². The highest BCUT2D eigenvalue weighted by Crippen LogP contribution is 2.42. The second-order valence-electron chi connectivity index (χ2n) is 8.62. The number of esters is 1. The molecule has 1 aromatic heterocycles. The summed E-state index contributed by atoms with van der Waals surface area (Å²) < 4.78 is 19.8. The van der Waals surface area contributed by atoms with Crippen molar-refractivity contribution in [1.29, 1.82) is 0 Å². The number of halogens is 1. The van der Waals surface area contributed by atoms with E-state index in [0.29, 0.717) is 22.1 Å². The first-order valence-electron chi connectivity index (χ1n) is 11.5. The minimum absolute atomic E-state index is 0.0695. The van der Waals surface area contributed by atoms with E-state index in [9.17, 15) is 23.9 Å². The summed E-state index contributed by atoms with van der Waals surface area (Å²) in [5, 5.41) is 10.8. The van der Waals surface area contributed by atoms with E-state index in [-0.39, 0.29) is 24.6 Å². The Morgan fingerprint density at radius 2 is 2.09 bits per heavy atom. The van der Waals surface area contributed by atoms with Crippen molar-refractivity contribution in [1.82, 2.24) is 9.55 Å². The number of phenolic OH excluding ortho intramolecular Hbond substituents is 1. The highest BCUT2D eigenvalue weighted by atomic mass is 19.1. The van der Waals surface area contributed by atoms with E-state index in [2.05, 4.69) is 18.0 Å². The van der Waals surface area contributed by atoms with Crippen molar-refractivity contribution < 1.29 is 19.0 Å². The van der Waals surface area contributed by atoms with Gasteiger partial charge in [-0.05, 0) is 56.7 Å². The molecule has 1 aliphatic rings. The van der Waals surface area contributed by atoms with E-state index in [1.165, 1.54) is 5.57 Å². The molecule has 1 heterocycles. The van der Waals surface area contributed by atoms with Gasteiger partial charge in [-0.3, -0.25) is 14.2 Å². The van der Waals surface area contributed by atoms with E-state index < -0.39 is 23.0 Å². The Hall–Kier alpha value is -3.16. The lowest BCUT2D eigenvalue weighted by molar-refractivity contribution is -0.134. The zero-order valence-corrected chi connectivity index (χ0v) is 19.2. The van der Waals surface area contributed by atoms with Gasteiger partial charge >= 0.3 is 11.7 Å². The number of unbranched alkanes of at least 4 members (excludes halogenated alkanes) is 2.